The lowest BCUT2D eigenvalue weighted by Crippen LogP contribution is -2.16. The maximum atomic E-state index is 12.3. The number of nitrogens with one attached hydrogen (secondary N) is 2. The van der Waals surface area contributed by atoms with Gasteiger partial charge in [0.1, 0.15) is 5.75 Å². The Hall–Kier alpha value is -2.75. The number of ether oxygens (including phenoxy) is 1. The first-order chi connectivity index (χ1) is 11.6. The van der Waals surface area contributed by atoms with Crippen molar-refractivity contribution in [3.8, 4) is 5.75 Å². The van der Waals surface area contributed by atoms with Gasteiger partial charge in [-0.15, -0.1) is 0 Å². The van der Waals surface area contributed by atoms with Crippen LogP contribution in [0.3, 0.4) is 0 Å². The van der Waals surface area contributed by atoms with E-state index in [-0.39, 0.29) is 5.56 Å². The molecule has 2 N–H and O–H groups in total. The third-order valence-corrected chi connectivity index (χ3v) is 4.04. The predicted octanol–water partition coefficient (Wildman–Crippen LogP) is 4.16. The van der Waals surface area contributed by atoms with E-state index in [1.807, 2.05) is 50.2 Å². The maximum Gasteiger partial charge on any atom is 0.253 e. The standard InChI is InChI=1S/C20H22N2O2/c1-4-24-17-7-5-16(6-8-17)21-12-15-11-18-14(3)9-13(2)10-19(18)22-20(15)23/h5-11,21H,4,12H2,1-3H3,(H,22,23). The van der Waals surface area contributed by atoms with Crippen LogP contribution in [0.2, 0.25) is 0 Å². The zero-order chi connectivity index (χ0) is 17.1. The number of benzene rings is 2. The van der Waals surface area contributed by atoms with Crippen molar-refractivity contribution >= 4 is 16.6 Å². The van der Waals surface area contributed by atoms with E-state index in [9.17, 15) is 4.79 Å². The van der Waals surface area contributed by atoms with Crippen LogP contribution in [-0.4, -0.2) is 11.6 Å². The van der Waals surface area contributed by atoms with Crippen LogP contribution < -0.4 is 15.6 Å². The lowest BCUT2D eigenvalue weighted by atomic mass is 10.0. The number of hydrogen-bond donors (Lipinski definition) is 2. The molecule has 0 aliphatic heterocycles. The molecule has 2 aromatic carbocycles. The summed E-state index contributed by atoms with van der Waals surface area (Å²) in [6, 6.07) is 13.9. The summed E-state index contributed by atoms with van der Waals surface area (Å²) in [6.45, 7) is 7.19. The van der Waals surface area contributed by atoms with Crippen LogP contribution in [0.25, 0.3) is 10.9 Å². The molecule has 4 nitrogen and oxygen atoms in total. The van der Waals surface area contributed by atoms with Crippen LogP contribution in [0.15, 0.2) is 47.3 Å². The van der Waals surface area contributed by atoms with Gasteiger partial charge in [-0.2, -0.15) is 0 Å². The summed E-state index contributed by atoms with van der Waals surface area (Å²) in [4.78, 5) is 15.3. The van der Waals surface area contributed by atoms with Crippen LogP contribution in [0, 0.1) is 13.8 Å². The number of aryl methyl sites for hydroxylation is 2. The highest BCUT2D eigenvalue weighted by Crippen LogP contribution is 2.19. The minimum atomic E-state index is -0.0501. The largest absolute Gasteiger partial charge is 0.494 e. The average molecular weight is 322 g/mol. The molecule has 0 aliphatic rings. The minimum Gasteiger partial charge on any atom is -0.494 e. The van der Waals surface area contributed by atoms with Gasteiger partial charge >= 0.3 is 0 Å². The fourth-order valence-corrected chi connectivity index (χ4v) is 2.88. The van der Waals surface area contributed by atoms with Gasteiger partial charge in [-0.25, -0.2) is 0 Å². The molecule has 0 spiro atoms. The monoisotopic (exact) mass is 322 g/mol. The van der Waals surface area contributed by atoms with E-state index in [1.165, 1.54) is 5.56 Å². The molecule has 0 saturated carbocycles. The van der Waals surface area contributed by atoms with Gasteiger partial charge < -0.3 is 15.0 Å². The topological polar surface area (TPSA) is 54.1 Å². The van der Waals surface area contributed by atoms with Gasteiger partial charge in [-0.05, 0) is 68.3 Å². The fraction of sp³-hybridized carbons (Fsp3) is 0.250. The van der Waals surface area contributed by atoms with Crippen molar-refractivity contribution in [2.45, 2.75) is 27.3 Å². The van der Waals surface area contributed by atoms with Gasteiger partial charge in [0.15, 0.2) is 0 Å². The van der Waals surface area contributed by atoms with Crippen LogP contribution in [0.5, 0.6) is 5.75 Å². The van der Waals surface area contributed by atoms with E-state index in [0.717, 1.165) is 33.5 Å². The van der Waals surface area contributed by atoms with Crippen molar-refractivity contribution < 1.29 is 4.74 Å². The molecule has 24 heavy (non-hydrogen) atoms. The number of rotatable bonds is 5. The normalized spacial score (nSPS) is 10.8. The van der Waals surface area contributed by atoms with Crippen molar-refractivity contribution in [1.29, 1.82) is 0 Å². The van der Waals surface area contributed by atoms with E-state index in [0.29, 0.717) is 13.2 Å². The number of anilines is 1. The fourth-order valence-electron chi connectivity index (χ4n) is 2.88. The highest BCUT2D eigenvalue weighted by Gasteiger charge is 2.06. The van der Waals surface area contributed by atoms with Gasteiger partial charge in [-0.3, -0.25) is 4.79 Å². The first kappa shape index (κ1) is 16.1. The van der Waals surface area contributed by atoms with Crippen molar-refractivity contribution in [2.75, 3.05) is 11.9 Å². The Kier molecular flexibility index (Phi) is 4.56. The van der Waals surface area contributed by atoms with Crippen LogP contribution in [0.4, 0.5) is 5.69 Å². The van der Waals surface area contributed by atoms with E-state index in [1.54, 1.807) is 0 Å². The number of pyridine rings is 1. The van der Waals surface area contributed by atoms with Crippen molar-refractivity contribution in [3.63, 3.8) is 0 Å². The highest BCUT2D eigenvalue weighted by molar-refractivity contribution is 5.83. The zero-order valence-electron chi connectivity index (χ0n) is 14.3. The molecule has 1 heterocycles. The maximum absolute atomic E-state index is 12.3. The van der Waals surface area contributed by atoms with Gasteiger partial charge in [0.05, 0.1) is 6.61 Å². The molecule has 3 rings (SSSR count). The molecule has 0 unspecified atom stereocenters. The molecule has 0 atom stereocenters. The highest BCUT2D eigenvalue weighted by atomic mass is 16.5. The molecule has 0 amide bonds. The van der Waals surface area contributed by atoms with Crippen molar-refractivity contribution in [3.05, 3.63) is 69.5 Å². The Morgan fingerprint density at radius 1 is 1.08 bits per heavy atom. The Bertz CT molecular complexity index is 911. The summed E-state index contributed by atoms with van der Waals surface area (Å²) in [5.41, 5.74) is 4.84. The average Bonchev–Trinajstić information content (AvgIpc) is 2.54. The number of hydrogen-bond acceptors (Lipinski definition) is 3. The molecular formula is C20H22N2O2. The second kappa shape index (κ2) is 6.79. The Labute approximate surface area is 141 Å². The van der Waals surface area contributed by atoms with Crippen LogP contribution in [-0.2, 0) is 6.54 Å². The number of aromatic nitrogens is 1. The lowest BCUT2D eigenvalue weighted by molar-refractivity contribution is 0.340. The Morgan fingerprint density at radius 2 is 1.83 bits per heavy atom. The Morgan fingerprint density at radius 3 is 2.54 bits per heavy atom. The number of H-pyrrole nitrogens is 1. The van der Waals surface area contributed by atoms with Crippen molar-refractivity contribution in [1.82, 2.24) is 4.98 Å². The van der Waals surface area contributed by atoms with E-state index < -0.39 is 0 Å². The first-order valence-electron chi connectivity index (χ1n) is 8.16. The molecular weight excluding hydrogens is 300 g/mol. The summed E-state index contributed by atoms with van der Waals surface area (Å²) >= 11 is 0. The third-order valence-electron chi connectivity index (χ3n) is 4.04. The predicted molar refractivity (Wildman–Crippen MR) is 99.0 cm³/mol. The minimum absolute atomic E-state index is 0.0501. The third kappa shape index (κ3) is 3.43. The van der Waals surface area contributed by atoms with Gasteiger partial charge in [0.2, 0.25) is 0 Å². The zero-order valence-corrected chi connectivity index (χ0v) is 14.3. The summed E-state index contributed by atoms with van der Waals surface area (Å²) in [6.07, 6.45) is 0. The SMILES string of the molecule is CCOc1ccc(NCc2cc3c(C)cc(C)cc3[nH]c2=O)cc1. The lowest BCUT2D eigenvalue weighted by Gasteiger charge is -2.10. The second-order valence-electron chi connectivity index (χ2n) is 5.98. The summed E-state index contributed by atoms with van der Waals surface area (Å²) in [7, 11) is 0. The molecule has 0 radical (unpaired) electrons. The summed E-state index contributed by atoms with van der Waals surface area (Å²) < 4.78 is 5.43. The van der Waals surface area contributed by atoms with E-state index >= 15 is 0 Å². The van der Waals surface area contributed by atoms with Crippen molar-refractivity contribution in [2.24, 2.45) is 0 Å². The molecule has 4 heteroatoms. The molecule has 1 aromatic heterocycles. The van der Waals surface area contributed by atoms with Crippen LogP contribution in [0.1, 0.15) is 23.6 Å². The first-order valence-corrected chi connectivity index (χ1v) is 8.16. The summed E-state index contributed by atoms with van der Waals surface area (Å²) in [5.74, 6) is 0.845. The van der Waals surface area contributed by atoms with Gasteiger partial charge in [0.25, 0.3) is 5.56 Å². The van der Waals surface area contributed by atoms with E-state index in [2.05, 4.69) is 23.3 Å². The van der Waals surface area contributed by atoms with E-state index in [4.69, 9.17) is 4.74 Å². The Balaban J connectivity index is 1.82. The molecule has 0 bridgehead atoms. The molecule has 124 valence electrons. The molecule has 0 fully saturated rings. The number of aromatic amines is 1. The van der Waals surface area contributed by atoms with Gasteiger partial charge in [-0.1, -0.05) is 6.07 Å². The van der Waals surface area contributed by atoms with Gasteiger partial charge in [0, 0.05) is 28.7 Å². The molecule has 0 aliphatic carbocycles. The number of fused-ring (bicyclic) bond motifs is 1. The molecule has 0 saturated heterocycles. The second-order valence-corrected chi connectivity index (χ2v) is 5.98. The summed E-state index contributed by atoms with van der Waals surface area (Å²) in [5, 5.41) is 4.38. The quantitative estimate of drug-likeness (QED) is 0.742. The smallest absolute Gasteiger partial charge is 0.253 e. The van der Waals surface area contributed by atoms with Crippen LogP contribution >= 0.6 is 0 Å². The molecule has 3 aromatic rings.